The van der Waals surface area contributed by atoms with Gasteiger partial charge in [0.25, 0.3) is 5.91 Å². The highest BCUT2D eigenvalue weighted by molar-refractivity contribution is 5.99. The minimum atomic E-state index is -0.880. The van der Waals surface area contributed by atoms with Crippen LogP contribution in [0, 0.1) is 0 Å². The molecule has 1 aromatic carbocycles. The van der Waals surface area contributed by atoms with E-state index in [0.717, 1.165) is 4.90 Å². The largest absolute Gasteiger partial charge is 0.451 e. The van der Waals surface area contributed by atoms with Crippen LogP contribution < -0.4 is 5.32 Å². The fraction of sp³-hybridized carbons (Fsp3) is 0.250. The van der Waals surface area contributed by atoms with Crippen molar-refractivity contribution in [2.45, 2.75) is 6.92 Å². The molecule has 0 unspecified atom stereocenters. The lowest BCUT2D eigenvalue weighted by atomic mass is 10.2. The van der Waals surface area contributed by atoms with Crippen molar-refractivity contribution in [2.75, 3.05) is 19.8 Å². The predicted octanol–water partition coefficient (Wildman–Crippen LogP) is 0.686. The Morgan fingerprint density at radius 2 is 2.00 bits per heavy atom. The number of ether oxygens (including phenoxy) is 2. The number of rotatable bonds is 5. The van der Waals surface area contributed by atoms with Crippen molar-refractivity contribution in [3.63, 3.8) is 0 Å². The van der Waals surface area contributed by atoms with Gasteiger partial charge in [0.15, 0.2) is 6.61 Å². The number of imide groups is 1. The van der Waals surface area contributed by atoms with Crippen molar-refractivity contribution in [1.82, 2.24) is 10.2 Å². The molecule has 8 heteroatoms. The smallest absolute Gasteiger partial charge is 0.416 e. The number of nitrogens with zero attached hydrogens (tertiary/aromatic N) is 1. The Bertz CT molecular complexity index is 683. The lowest BCUT2D eigenvalue weighted by Crippen LogP contribution is -2.36. The fourth-order valence-corrected chi connectivity index (χ4v) is 1.95. The Labute approximate surface area is 138 Å². The van der Waals surface area contributed by atoms with Crippen LogP contribution in [0.5, 0.6) is 0 Å². The number of benzene rings is 1. The first-order chi connectivity index (χ1) is 11.5. The van der Waals surface area contributed by atoms with E-state index in [0.29, 0.717) is 5.56 Å². The molecule has 0 atom stereocenters. The maximum absolute atomic E-state index is 12.1. The molecule has 0 radical (unpaired) electrons. The molecule has 0 aliphatic carbocycles. The molecule has 0 spiro atoms. The van der Waals surface area contributed by atoms with Crippen molar-refractivity contribution in [3.8, 4) is 0 Å². The van der Waals surface area contributed by atoms with Crippen LogP contribution in [0.25, 0.3) is 6.08 Å². The first-order valence-corrected chi connectivity index (χ1v) is 7.16. The summed E-state index contributed by atoms with van der Waals surface area (Å²) in [6, 6.07) is 8.82. The highest BCUT2D eigenvalue weighted by Crippen LogP contribution is 2.08. The van der Waals surface area contributed by atoms with Crippen LogP contribution in [0.3, 0.4) is 0 Å². The summed E-state index contributed by atoms with van der Waals surface area (Å²) in [5.74, 6) is -2.02. The summed E-state index contributed by atoms with van der Waals surface area (Å²) >= 11 is 0. The number of esters is 1. The molecule has 3 amide bonds. The maximum atomic E-state index is 12.1. The average Bonchev–Trinajstić information content (AvgIpc) is 2.98. The third-order valence-corrected chi connectivity index (χ3v) is 3.03. The van der Waals surface area contributed by atoms with Crippen molar-refractivity contribution in [1.29, 1.82) is 0 Å². The second-order valence-corrected chi connectivity index (χ2v) is 4.89. The van der Waals surface area contributed by atoms with Gasteiger partial charge in [-0.15, -0.1) is 0 Å². The minimum Gasteiger partial charge on any atom is -0.451 e. The molecule has 1 aliphatic rings. The Morgan fingerprint density at radius 1 is 1.29 bits per heavy atom. The zero-order valence-corrected chi connectivity index (χ0v) is 13.0. The monoisotopic (exact) mass is 332 g/mol. The Kier molecular flexibility index (Phi) is 5.67. The summed E-state index contributed by atoms with van der Waals surface area (Å²) < 4.78 is 9.51. The molecule has 0 saturated carbocycles. The molecule has 0 aromatic heterocycles. The van der Waals surface area contributed by atoms with Gasteiger partial charge >= 0.3 is 12.1 Å². The van der Waals surface area contributed by atoms with Gasteiger partial charge in [0, 0.05) is 6.92 Å². The highest BCUT2D eigenvalue weighted by Gasteiger charge is 2.29. The lowest BCUT2D eigenvalue weighted by molar-refractivity contribution is -0.148. The molecule has 24 heavy (non-hydrogen) atoms. The number of carbonyl (C=O) groups excluding carboxylic acids is 4. The average molecular weight is 332 g/mol. The summed E-state index contributed by atoms with van der Waals surface area (Å²) in [6.45, 7) is 0.856. The third kappa shape index (κ3) is 4.67. The van der Waals surface area contributed by atoms with E-state index in [1.807, 2.05) is 6.07 Å². The van der Waals surface area contributed by atoms with E-state index in [2.05, 4.69) is 10.1 Å². The molecule has 1 aliphatic heterocycles. The second kappa shape index (κ2) is 7.91. The van der Waals surface area contributed by atoms with Crippen molar-refractivity contribution < 1.29 is 28.7 Å². The van der Waals surface area contributed by atoms with Crippen LogP contribution in [-0.2, 0) is 23.9 Å². The summed E-state index contributed by atoms with van der Waals surface area (Å²) in [5, 5.41) is 2.36. The molecule has 1 saturated heterocycles. The summed E-state index contributed by atoms with van der Waals surface area (Å²) in [5.41, 5.74) is 0.568. The normalized spacial score (nSPS) is 14.1. The summed E-state index contributed by atoms with van der Waals surface area (Å²) in [7, 11) is 0. The number of amides is 3. The standard InChI is InChI=1S/C16H16N2O6/c1-11(19)17-13(9-12-5-3-2-4-6-12)15(21)24-10-14(20)18-7-8-23-16(18)22/h2-6,9H,7-8,10H2,1H3,(H,17,19)/b13-9-. The molecule has 1 fully saturated rings. The summed E-state index contributed by atoms with van der Waals surface area (Å²) in [6.07, 6.45) is 0.663. The third-order valence-electron chi connectivity index (χ3n) is 3.03. The second-order valence-electron chi connectivity index (χ2n) is 4.89. The quantitative estimate of drug-likeness (QED) is 0.628. The zero-order valence-electron chi connectivity index (χ0n) is 13.0. The predicted molar refractivity (Wildman–Crippen MR) is 82.3 cm³/mol. The van der Waals surface area contributed by atoms with E-state index in [1.165, 1.54) is 13.0 Å². The van der Waals surface area contributed by atoms with E-state index >= 15 is 0 Å². The highest BCUT2D eigenvalue weighted by atomic mass is 16.6. The Hall–Kier alpha value is -3.16. The first-order valence-electron chi connectivity index (χ1n) is 7.16. The van der Waals surface area contributed by atoms with Crippen LogP contribution in [0.2, 0.25) is 0 Å². The fourth-order valence-electron chi connectivity index (χ4n) is 1.95. The maximum Gasteiger partial charge on any atom is 0.416 e. The topological polar surface area (TPSA) is 102 Å². The molecule has 1 heterocycles. The van der Waals surface area contributed by atoms with Crippen molar-refractivity contribution in [3.05, 3.63) is 41.6 Å². The number of cyclic esters (lactones) is 1. The van der Waals surface area contributed by atoms with Crippen LogP contribution in [0.4, 0.5) is 4.79 Å². The molecular weight excluding hydrogens is 316 g/mol. The molecule has 1 N–H and O–H groups in total. The molecule has 0 bridgehead atoms. The van der Waals surface area contributed by atoms with Gasteiger partial charge < -0.3 is 14.8 Å². The van der Waals surface area contributed by atoms with Gasteiger partial charge in [0.05, 0.1) is 6.54 Å². The Morgan fingerprint density at radius 3 is 2.58 bits per heavy atom. The minimum absolute atomic E-state index is 0.106. The van der Waals surface area contributed by atoms with Crippen LogP contribution in [0.15, 0.2) is 36.0 Å². The van der Waals surface area contributed by atoms with Gasteiger partial charge in [-0.1, -0.05) is 30.3 Å². The van der Waals surface area contributed by atoms with Gasteiger partial charge in [0.1, 0.15) is 12.3 Å². The van der Waals surface area contributed by atoms with Gasteiger partial charge in [-0.25, -0.2) is 14.5 Å². The van der Waals surface area contributed by atoms with Crippen LogP contribution in [-0.4, -0.2) is 48.5 Å². The van der Waals surface area contributed by atoms with E-state index in [1.54, 1.807) is 24.3 Å². The van der Waals surface area contributed by atoms with Gasteiger partial charge in [-0.3, -0.25) is 9.59 Å². The zero-order chi connectivity index (χ0) is 17.5. The van der Waals surface area contributed by atoms with E-state index in [4.69, 9.17) is 4.74 Å². The SMILES string of the molecule is CC(=O)N/C(=C\c1ccccc1)C(=O)OCC(=O)N1CCOC1=O. The van der Waals surface area contributed by atoms with Crippen LogP contribution >= 0.6 is 0 Å². The molecular formula is C16H16N2O6. The van der Waals surface area contributed by atoms with Gasteiger partial charge in [0.2, 0.25) is 5.91 Å². The van der Waals surface area contributed by atoms with Crippen LogP contribution in [0.1, 0.15) is 12.5 Å². The molecule has 1 aromatic rings. The number of hydrogen-bond acceptors (Lipinski definition) is 6. The van der Waals surface area contributed by atoms with E-state index in [-0.39, 0.29) is 18.8 Å². The van der Waals surface area contributed by atoms with E-state index in [9.17, 15) is 19.2 Å². The Balaban J connectivity index is 2.02. The summed E-state index contributed by atoms with van der Waals surface area (Å²) in [4.78, 5) is 47.2. The number of nitrogens with one attached hydrogen (secondary N) is 1. The number of carbonyl (C=O) groups is 4. The molecule has 126 valence electrons. The van der Waals surface area contributed by atoms with Crippen molar-refractivity contribution >= 4 is 30.0 Å². The lowest BCUT2D eigenvalue weighted by Gasteiger charge is -2.12. The van der Waals surface area contributed by atoms with Gasteiger partial charge in [-0.05, 0) is 11.6 Å². The first kappa shape index (κ1) is 17.2. The van der Waals surface area contributed by atoms with Crippen molar-refractivity contribution in [2.24, 2.45) is 0 Å². The van der Waals surface area contributed by atoms with E-state index < -0.39 is 30.5 Å². The molecule has 8 nitrogen and oxygen atoms in total. The van der Waals surface area contributed by atoms with Gasteiger partial charge in [-0.2, -0.15) is 0 Å². The molecule has 2 rings (SSSR count). The number of hydrogen-bond donors (Lipinski definition) is 1.